The summed E-state index contributed by atoms with van der Waals surface area (Å²) in [5.74, 6) is 1.64. The third kappa shape index (κ3) is 4.15. The Bertz CT molecular complexity index is 713. The van der Waals surface area contributed by atoms with Gasteiger partial charge in [0, 0.05) is 19.6 Å². The van der Waals surface area contributed by atoms with E-state index >= 15 is 0 Å². The number of rotatable bonds is 8. The minimum atomic E-state index is -0.208. The van der Waals surface area contributed by atoms with Crippen LogP contribution in [0.4, 0.5) is 0 Å². The molecule has 2 rings (SSSR count). The zero-order valence-electron chi connectivity index (χ0n) is 15.5. The summed E-state index contributed by atoms with van der Waals surface area (Å²) in [6.07, 6.45) is 0. The molecule has 0 radical (unpaired) electrons. The van der Waals surface area contributed by atoms with Crippen LogP contribution in [0.15, 0.2) is 29.4 Å². The summed E-state index contributed by atoms with van der Waals surface area (Å²) < 4.78 is 7.46. The molecule has 0 aliphatic heterocycles. The lowest BCUT2D eigenvalue weighted by Crippen LogP contribution is -2.36. The van der Waals surface area contributed by atoms with Gasteiger partial charge < -0.3 is 14.2 Å². The summed E-state index contributed by atoms with van der Waals surface area (Å²) in [6, 6.07) is 7.75. The Morgan fingerprint density at radius 1 is 1.24 bits per heavy atom. The van der Waals surface area contributed by atoms with Crippen molar-refractivity contribution >= 4 is 17.7 Å². The number of hydrogen-bond acceptors (Lipinski definition) is 5. The molecule has 25 heavy (non-hydrogen) atoms. The second kappa shape index (κ2) is 8.89. The Kier molecular flexibility index (Phi) is 6.87. The predicted molar refractivity (Wildman–Crippen MR) is 101 cm³/mol. The summed E-state index contributed by atoms with van der Waals surface area (Å²) in [6.45, 7) is 10.1. The highest BCUT2D eigenvalue weighted by Gasteiger charge is 2.23. The molecule has 6 nitrogen and oxygen atoms in total. The average Bonchev–Trinajstić information content (AvgIpc) is 3.04. The van der Waals surface area contributed by atoms with E-state index in [2.05, 4.69) is 10.2 Å². The van der Waals surface area contributed by atoms with Gasteiger partial charge in [-0.05, 0) is 39.8 Å². The summed E-state index contributed by atoms with van der Waals surface area (Å²) >= 11 is 1.45. The molecule has 1 aromatic heterocycles. The molecule has 7 heteroatoms. The van der Waals surface area contributed by atoms with Crippen molar-refractivity contribution in [2.24, 2.45) is 0 Å². The summed E-state index contributed by atoms with van der Waals surface area (Å²) in [5.41, 5.74) is 0.897. The fourth-order valence-electron chi connectivity index (χ4n) is 2.69. The predicted octanol–water partition coefficient (Wildman–Crippen LogP) is 3.32. The number of amides is 1. The van der Waals surface area contributed by atoms with E-state index in [4.69, 9.17) is 4.74 Å². The Morgan fingerprint density at radius 2 is 1.92 bits per heavy atom. The molecular formula is C18H26N4O2S. The van der Waals surface area contributed by atoms with Gasteiger partial charge in [0.15, 0.2) is 11.0 Å². The normalized spacial score (nSPS) is 12.0. The first kappa shape index (κ1) is 19.3. The van der Waals surface area contributed by atoms with E-state index in [1.807, 2.05) is 61.4 Å². The van der Waals surface area contributed by atoms with E-state index in [0.29, 0.717) is 13.1 Å². The molecule has 0 saturated carbocycles. The van der Waals surface area contributed by atoms with Gasteiger partial charge in [0.25, 0.3) is 0 Å². The highest BCUT2D eigenvalue weighted by Crippen LogP contribution is 2.32. The van der Waals surface area contributed by atoms with Gasteiger partial charge in [-0.1, -0.05) is 23.9 Å². The number of carbonyl (C=O) groups is 1. The number of ether oxygens (including phenoxy) is 1. The standard InChI is InChI=1S/C18H26N4O2S/c1-6-21(7-2)17(23)13(4)25-18-20-19-16(22(18)8-3)14-11-9-10-12-15(14)24-5/h9-13H,6-8H2,1-5H3. The van der Waals surface area contributed by atoms with Crippen LogP contribution in [0.3, 0.4) is 0 Å². The van der Waals surface area contributed by atoms with Crippen molar-refractivity contribution in [2.75, 3.05) is 20.2 Å². The fourth-order valence-corrected chi connectivity index (χ4v) is 3.69. The first-order valence-electron chi connectivity index (χ1n) is 8.59. The molecule has 2 aromatic rings. The van der Waals surface area contributed by atoms with Crippen molar-refractivity contribution in [1.29, 1.82) is 0 Å². The SMILES string of the molecule is CCN(CC)C(=O)C(C)Sc1nnc(-c2ccccc2OC)n1CC. The molecule has 0 spiro atoms. The molecule has 1 unspecified atom stereocenters. The average molecular weight is 362 g/mol. The quantitative estimate of drug-likeness (QED) is 0.674. The summed E-state index contributed by atoms with van der Waals surface area (Å²) in [4.78, 5) is 14.4. The van der Waals surface area contributed by atoms with Crippen molar-refractivity contribution < 1.29 is 9.53 Å². The van der Waals surface area contributed by atoms with Gasteiger partial charge in [-0.15, -0.1) is 10.2 Å². The first-order valence-corrected chi connectivity index (χ1v) is 9.47. The highest BCUT2D eigenvalue weighted by atomic mass is 32.2. The Balaban J connectivity index is 2.30. The molecule has 0 aliphatic carbocycles. The molecule has 0 bridgehead atoms. The second-order valence-electron chi connectivity index (χ2n) is 5.52. The van der Waals surface area contributed by atoms with Crippen LogP contribution in [0.2, 0.25) is 0 Å². The molecule has 0 fully saturated rings. The molecular weight excluding hydrogens is 336 g/mol. The van der Waals surface area contributed by atoms with Crippen molar-refractivity contribution in [3.63, 3.8) is 0 Å². The zero-order valence-corrected chi connectivity index (χ0v) is 16.3. The van der Waals surface area contributed by atoms with E-state index in [1.165, 1.54) is 11.8 Å². The van der Waals surface area contributed by atoms with E-state index in [9.17, 15) is 4.79 Å². The van der Waals surface area contributed by atoms with E-state index in [1.54, 1.807) is 7.11 Å². The number of methoxy groups -OCH3 is 1. The van der Waals surface area contributed by atoms with Gasteiger partial charge in [-0.3, -0.25) is 4.79 Å². The number of aromatic nitrogens is 3. The molecule has 1 aromatic carbocycles. The fraction of sp³-hybridized carbons (Fsp3) is 0.500. The maximum atomic E-state index is 12.5. The number of hydrogen-bond donors (Lipinski definition) is 0. The van der Waals surface area contributed by atoms with Crippen molar-refractivity contribution in [2.45, 2.75) is 44.6 Å². The van der Waals surface area contributed by atoms with Gasteiger partial charge in [-0.25, -0.2) is 0 Å². The number of thioether (sulfide) groups is 1. The summed E-state index contributed by atoms with van der Waals surface area (Å²) in [5, 5.41) is 9.21. The molecule has 0 saturated heterocycles. The monoisotopic (exact) mass is 362 g/mol. The van der Waals surface area contributed by atoms with E-state index in [0.717, 1.165) is 28.8 Å². The van der Waals surface area contributed by atoms with Crippen molar-refractivity contribution in [1.82, 2.24) is 19.7 Å². The molecule has 1 atom stereocenters. The third-order valence-corrected chi connectivity index (χ3v) is 5.15. The minimum Gasteiger partial charge on any atom is -0.496 e. The van der Waals surface area contributed by atoms with Crippen LogP contribution in [0.5, 0.6) is 5.75 Å². The summed E-state index contributed by atoms with van der Waals surface area (Å²) in [7, 11) is 1.64. The van der Waals surface area contributed by atoms with Gasteiger partial charge in [0.2, 0.25) is 5.91 Å². The molecule has 136 valence electrons. The van der Waals surface area contributed by atoms with Crippen molar-refractivity contribution in [3.05, 3.63) is 24.3 Å². The third-order valence-electron chi connectivity index (χ3n) is 4.09. The number of carbonyl (C=O) groups excluding carboxylic acids is 1. The molecule has 0 aliphatic rings. The van der Waals surface area contributed by atoms with E-state index in [-0.39, 0.29) is 11.2 Å². The van der Waals surface area contributed by atoms with Gasteiger partial charge in [-0.2, -0.15) is 0 Å². The smallest absolute Gasteiger partial charge is 0.235 e. The maximum Gasteiger partial charge on any atom is 0.235 e. The van der Waals surface area contributed by atoms with Crippen LogP contribution in [-0.4, -0.2) is 51.0 Å². The van der Waals surface area contributed by atoms with E-state index < -0.39 is 0 Å². The Morgan fingerprint density at radius 3 is 2.52 bits per heavy atom. The van der Waals surface area contributed by atoms with Crippen LogP contribution in [-0.2, 0) is 11.3 Å². The van der Waals surface area contributed by atoms with Crippen LogP contribution >= 0.6 is 11.8 Å². The number of para-hydroxylation sites is 1. The lowest BCUT2D eigenvalue weighted by molar-refractivity contribution is -0.129. The maximum absolute atomic E-state index is 12.5. The topological polar surface area (TPSA) is 60.3 Å². The minimum absolute atomic E-state index is 0.125. The second-order valence-corrected chi connectivity index (χ2v) is 6.83. The van der Waals surface area contributed by atoms with Crippen LogP contribution in [0, 0.1) is 0 Å². The first-order chi connectivity index (χ1) is 12.1. The number of nitrogens with zero attached hydrogens (tertiary/aromatic N) is 4. The highest BCUT2D eigenvalue weighted by molar-refractivity contribution is 8.00. The van der Waals surface area contributed by atoms with Crippen LogP contribution < -0.4 is 4.74 Å². The molecule has 0 N–H and O–H groups in total. The van der Waals surface area contributed by atoms with Crippen LogP contribution in [0.25, 0.3) is 11.4 Å². The lowest BCUT2D eigenvalue weighted by atomic mass is 10.2. The van der Waals surface area contributed by atoms with Gasteiger partial charge in [0.1, 0.15) is 5.75 Å². The largest absolute Gasteiger partial charge is 0.496 e. The van der Waals surface area contributed by atoms with Crippen LogP contribution in [0.1, 0.15) is 27.7 Å². The Hall–Kier alpha value is -2.02. The zero-order chi connectivity index (χ0) is 18.4. The van der Waals surface area contributed by atoms with Gasteiger partial charge >= 0.3 is 0 Å². The molecule has 1 heterocycles. The number of benzene rings is 1. The van der Waals surface area contributed by atoms with Gasteiger partial charge in [0.05, 0.1) is 17.9 Å². The molecule has 1 amide bonds. The Labute approximate surface area is 153 Å². The lowest BCUT2D eigenvalue weighted by Gasteiger charge is -2.22. The van der Waals surface area contributed by atoms with Crippen molar-refractivity contribution in [3.8, 4) is 17.1 Å².